The standard InChI is InChI=1S/C27H40/c1-11-20(21-14-12-13-15-22(21)25(2,3)4)19-16-17-23(26(5,6)7)24(18-19)27(8,9)10/h12-18,20H,11H2,1-10H3. The van der Waals surface area contributed by atoms with Crippen molar-refractivity contribution in [2.75, 3.05) is 0 Å². The first-order chi connectivity index (χ1) is 12.3. The fourth-order valence-corrected chi connectivity index (χ4v) is 4.17. The van der Waals surface area contributed by atoms with Crippen molar-refractivity contribution in [3.8, 4) is 0 Å². The third-order valence-corrected chi connectivity index (χ3v) is 5.61. The Bertz CT molecular complexity index is 773. The minimum atomic E-state index is 0.139. The number of hydrogen-bond acceptors (Lipinski definition) is 0. The van der Waals surface area contributed by atoms with E-state index < -0.39 is 0 Å². The monoisotopic (exact) mass is 364 g/mol. The summed E-state index contributed by atoms with van der Waals surface area (Å²) in [4.78, 5) is 0. The maximum atomic E-state index is 2.49. The van der Waals surface area contributed by atoms with Crippen LogP contribution in [0, 0.1) is 0 Å². The molecule has 1 atom stereocenters. The Balaban J connectivity index is 2.67. The normalized spacial score (nSPS) is 14.3. The second-order valence-corrected chi connectivity index (χ2v) is 11.1. The van der Waals surface area contributed by atoms with Crippen LogP contribution in [0.4, 0.5) is 0 Å². The van der Waals surface area contributed by atoms with Gasteiger partial charge in [-0.15, -0.1) is 0 Å². The topological polar surface area (TPSA) is 0 Å². The minimum absolute atomic E-state index is 0.139. The highest BCUT2D eigenvalue weighted by atomic mass is 14.3. The lowest BCUT2D eigenvalue weighted by Crippen LogP contribution is -2.23. The van der Waals surface area contributed by atoms with E-state index in [2.05, 4.69) is 112 Å². The lowest BCUT2D eigenvalue weighted by atomic mass is 9.72. The highest BCUT2D eigenvalue weighted by molar-refractivity contribution is 5.46. The summed E-state index contributed by atoms with van der Waals surface area (Å²) in [5.74, 6) is 0.440. The van der Waals surface area contributed by atoms with Crippen LogP contribution in [0.2, 0.25) is 0 Å². The molecule has 0 fully saturated rings. The second-order valence-electron chi connectivity index (χ2n) is 11.1. The molecule has 0 saturated carbocycles. The van der Waals surface area contributed by atoms with Gasteiger partial charge in [-0.3, -0.25) is 0 Å². The Kier molecular flexibility index (Phi) is 6.00. The summed E-state index contributed by atoms with van der Waals surface area (Å²) in [5.41, 5.74) is 7.81. The summed E-state index contributed by atoms with van der Waals surface area (Å²) in [6.45, 7) is 23.3. The average molecular weight is 365 g/mol. The SMILES string of the molecule is CCC(c1ccc(C(C)(C)C)c(C(C)(C)C)c1)c1ccccc1C(C)(C)C. The van der Waals surface area contributed by atoms with Gasteiger partial charge < -0.3 is 0 Å². The zero-order valence-corrected chi connectivity index (χ0v) is 19.3. The van der Waals surface area contributed by atoms with E-state index in [9.17, 15) is 0 Å². The minimum Gasteiger partial charge on any atom is -0.0645 e. The number of rotatable bonds is 3. The zero-order chi connectivity index (χ0) is 20.6. The fraction of sp³-hybridized carbons (Fsp3) is 0.556. The lowest BCUT2D eigenvalue weighted by molar-refractivity contribution is 0.528. The van der Waals surface area contributed by atoms with Gasteiger partial charge >= 0.3 is 0 Å². The van der Waals surface area contributed by atoms with Crippen molar-refractivity contribution in [1.29, 1.82) is 0 Å². The van der Waals surface area contributed by atoms with Crippen LogP contribution in [0.3, 0.4) is 0 Å². The quantitative estimate of drug-likeness (QED) is 0.516. The highest BCUT2D eigenvalue weighted by Crippen LogP contribution is 2.40. The molecule has 0 aliphatic rings. The summed E-state index contributed by atoms with van der Waals surface area (Å²) >= 11 is 0. The Labute approximate surface area is 168 Å². The molecule has 2 aromatic rings. The Morgan fingerprint density at radius 1 is 0.630 bits per heavy atom. The molecule has 0 bridgehead atoms. The van der Waals surface area contributed by atoms with Crippen molar-refractivity contribution in [3.05, 3.63) is 70.3 Å². The van der Waals surface area contributed by atoms with Crippen LogP contribution in [0.5, 0.6) is 0 Å². The smallest absolute Gasteiger partial charge is 0.00897 e. The van der Waals surface area contributed by atoms with Crippen LogP contribution in [-0.4, -0.2) is 0 Å². The summed E-state index contributed by atoms with van der Waals surface area (Å²) in [6.07, 6.45) is 1.12. The van der Waals surface area contributed by atoms with Crippen LogP contribution in [-0.2, 0) is 16.2 Å². The second kappa shape index (κ2) is 7.46. The predicted octanol–water partition coefficient (Wildman–Crippen LogP) is 8.12. The van der Waals surface area contributed by atoms with E-state index in [1.807, 2.05) is 0 Å². The third kappa shape index (κ3) is 4.84. The molecule has 2 aromatic carbocycles. The van der Waals surface area contributed by atoms with Crippen molar-refractivity contribution in [1.82, 2.24) is 0 Å². The molecular formula is C27H40. The van der Waals surface area contributed by atoms with Crippen LogP contribution in [0.1, 0.15) is 109 Å². The highest BCUT2D eigenvalue weighted by Gasteiger charge is 2.28. The van der Waals surface area contributed by atoms with E-state index in [-0.39, 0.29) is 16.2 Å². The van der Waals surface area contributed by atoms with Gasteiger partial charge in [0.1, 0.15) is 0 Å². The molecule has 148 valence electrons. The van der Waals surface area contributed by atoms with Gasteiger partial charge in [0.25, 0.3) is 0 Å². The van der Waals surface area contributed by atoms with Crippen LogP contribution in [0.25, 0.3) is 0 Å². The van der Waals surface area contributed by atoms with E-state index in [0.717, 1.165) is 6.42 Å². The van der Waals surface area contributed by atoms with Gasteiger partial charge in [-0.1, -0.05) is 112 Å². The van der Waals surface area contributed by atoms with Gasteiger partial charge in [-0.05, 0) is 50.5 Å². The average Bonchev–Trinajstić information content (AvgIpc) is 2.53. The summed E-state index contributed by atoms with van der Waals surface area (Å²) in [5, 5.41) is 0. The molecule has 0 aromatic heterocycles. The molecule has 0 aliphatic carbocycles. The first-order valence-corrected chi connectivity index (χ1v) is 10.5. The van der Waals surface area contributed by atoms with E-state index in [0.29, 0.717) is 5.92 Å². The first-order valence-electron chi connectivity index (χ1n) is 10.5. The third-order valence-electron chi connectivity index (χ3n) is 5.61. The first kappa shape index (κ1) is 21.7. The molecule has 0 radical (unpaired) electrons. The van der Waals surface area contributed by atoms with E-state index in [1.54, 1.807) is 0 Å². The van der Waals surface area contributed by atoms with Crippen LogP contribution < -0.4 is 0 Å². The largest absolute Gasteiger partial charge is 0.0645 e. The van der Waals surface area contributed by atoms with Gasteiger partial charge in [0.2, 0.25) is 0 Å². The number of hydrogen-bond donors (Lipinski definition) is 0. The Hall–Kier alpha value is -1.56. The zero-order valence-electron chi connectivity index (χ0n) is 19.3. The van der Waals surface area contributed by atoms with E-state index in [4.69, 9.17) is 0 Å². The van der Waals surface area contributed by atoms with Crippen molar-refractivity contribution < 1.29 is 0 Å². The van der Waals surface area contributed by atoms with Crippen molar-refractivity contribution in [3.63, 3.8) is 0 Å². The molecule has 0 saturated heterocycles. The number of benzene rings is 2. The molecular weight excluding hydrogens is 324 g/mol. The van der Waals surface area contributed by atoms with Gasteiger partial charge in [0.15, 0.2) is 0 Å². The molecule has 0 N–H and O–H groups in total. The molecule has 0 nitrogen and oxygen atoms in total. The van der Waals surface area contributed by atoms with Gasteiger partial charge in [-0.25, -0.2) is 0 Å². The van der Waals surface area contributed by atoms with E-state index >= 15 is 0 Å². The molecule has 0 aliphatic heterocycles. The maximum absolute atomic E-state index is 2.49. The van der Waals surface area contributed by atoms with Crippen LogP contribution in [0.15, 0.2) is 42.5 Å². The molecule has 0 heterocycles. The Morgan fingerprint density at radius 3 is 1.63 bits per heavy atom. The maximum Gasteiger partial charge on any atom is 0.00897 e. The fourth-order valence-electron chi connectivity index (χ4n) is 4.17. The molecule has 0 heteroatoms. The summed E-state index contributed by atoms with van der Waals surface area (Å²) in [7, 11) is 0. The lowest BCUT2D eigenvalue weighted by Gasteiger charge is -2.32. The van der Waals surface area contributed by atoms with Gasteiger partial charge in [-0.2, -0.15) is 0 Å². The van der Waals surface area contributed by atoms with Crippen LogP contribution >= 0.6 is 0 Å². The van der Waals surface area contributed by atoms with Crippen molar-refractivity contribution >= 4 is 0 Å². The van der Waals surface area contributed by atoms with Gasteiger partial charge in [0, 0.05) is 5.92 Å². The molecule has 27 heavy (non-hydrogen) atoms. The van der Waals surface area contributed by atoms with E-state index in [1.165, 1.54) is 27.8 Å². The predicted molar refractivity (Wildman–Crippen MR) is 121 cm³/mol. The molecule has 0 amide bonds. The van der Waals surface area contributed by atoms with Crippen molar-refractivity contribution in [2.45, 2.75) is 97.8 Å². The Morgan fingerprint density at radius 2 is 1.15 bits per heavy atom. The molecule has 1 unspecified atom stereocenters. The summed E-state index contributed by atoms with van der Waals surface area (Å²) < 4.78 is 0. The molecule has 0 spiro atoms. The van der Waals surface area contributed by atoms with Gasteiger partial charge in [0.05, 0.1) is 0 Å². The van der Waals surface area contributed by atoms with Crippen molar-refractivity contribution in [2.24, 2.45) is 0 Å². The molecule has 2 rings (SSSR count). The summed E-state index contributed by atoms with van der Waals surface area (Å²) in [6, 6.07) is 16.3.